The van der Waals surface area contributed by atoms with E-state index in [-0.39, 0.29) is 23.4 Å². The summed E-state index contributed by atoms with van der Waals surface area (Å²) >= 11 is 0. The van der Waals surface area contributed by atoms with E-state index in [2.05, 4.69) is 15.5 Å². The first kappa shape index (κ1) is 20.5. The number of carbonyl (C=O) groups excluding carboxylic acids is 2. The summed E-state index contributed by atoms with van der Waals surface area (Å²) in [4.78, 5) is 39.4. The Balaban J connectivity index is 1.66. The lowest BCUT2D eigenvalue weighted by molar-refractivity contribution is -0.134. The highest BCUT2D eigenvalue weighted by molar-refractivity contribution is 5.94. The Hall–Kier alpha value is -2.19. The minimum absolute atomic E-state index is 0.0331. The lowest BCUT2D eigenvalue weighted by atomic mass is 9.84. The molecule has 2 saturated heterocycles. The Morgan fingerprint density at radius 3 is 2.89 bits per heavy atom. The number of pyridine rings is 1. The molecule has 2 atom stereocenters. The monoisotopic (exact) mass is 390 g/mol. The molecular weight excluding hydrogens is 360 g/mol. The van der Waals surface area contributed by atoms with Crippen molar-refractivity contribution < 1.29 is 14.3 Å². The Morgan fingerprint density at radius 1 is 1.32 bits per heavy atom. The minimum atomic E-state index is -0.550. The molecular formula is C20H30N4O4. The number of aryl methyl sites for hydroxylation is 1. The number of hydrogen-bond acceptors (Lipinski definition) is 5. The SMILES string of the molecule is CCOCCNC(=O)[C@@]12CCCCN1C[C@@H](NC(=O)c1ccc(=O)n(C)c1)C2. The molecule has 2 aliphatic heterocycles. The average molecular weight is 390 g/mol. The number of fused-ring (bicyclic) bond motifs is 1. The molecule has 2 fully saturated rings. The largest absolute Gasteiger partial charge is 0.380 e. The molecule has 0 radical (unpaired) electrons. The van der Waals surface area contributed by atoms with Crippen molar-refractivity contribution in [2.45, 2.75) is 44.2 Å². The molecule has 0 saturated carbocycles. The zero-order valence-electron chi connectivity index (χ0n) is 16.7. The highest BCUT2D eigenvalue weighted by atomic mass is 16.5. The minimum Gasteiger partial charge on any atom is -0.380 e. The maximum absolute atomic E-state index is 13.0. The first-order valence-corrected chi connectivity index (χ1v) is 10.0. The van der Waals surface area contributed by atoms with Crippen LogP contribution in [0.3, 0.4) is 0 Å². The van der Waals surface area contributed by atoms with Gasteiger partial charge in [0.15, 0.2) is 0 Å². The standard InChI is InChI=1S/C20H30N4O4/c1-3-28-11-9-21-19(27)20-8-4-5-10-24(20)14-16(12-20)22-18(26)15-6-7-17(25)23(2)13-15/h6-7,13,16H,3-5,8-12,14H2,1-2H3,(H,21,27)(H,22,26)/t16-,20-/m0/s1. The molecule has 28 heavy (non-hydrogen) atoms. The molecule has 2 amide bonds. The molecule has 8 nitrogen and oxygen atoms in total. The van der Waals surface area contributed by atoms with Crippen LogP contribution >= 0.6 is 0 Å². The molecule has 0 unspecified atom stereocenters. The van der Waals surface area contributed by atoms with Crippen LogP contribution in [-0.4, -0.2) is 65.7 Å². The van der Waals surface area contributed by atoms with E-state index in [0.29, 0.717) is 38.3 Å². The zero-order chi connectivity index (χ0) is 20.1. The Kier molecular flexibility index (Phi) is 6.51. The van der Waals surface area contributed by atoms with Gasteiger partial charge in [-0.25, -0.2) is 0 Å². The van der Waals surface area contributed by atoms with E-state index in [9.17, 15) is 14.4 Å². The van der Waals surface area contributed by atoms with Gasteiger partial charge in [0.25, 0.3) is 5.91 Å². The number of nitrogens with zero attached hydrogens (tertiary/aromatic N) is 2. The number of rotatable bonds is 7. The number of hydrogen-bond donors (Lipinski definition) is 2. The topological polar surface area (TPSA) is 92.7 Å². The van der Waals surface area contributed by atoms with Gasteiger partial charge in [-0.15, -0.1) is 0 Å². The van der Waals surface area contributed by atoms with Crippen molar-refractivity contribution in [2.75, 3.05) is 32.8 Å². The van der Waals surface area contributed by atoms with Crippen molar-refractivity contribution in [3.8, 4) is 0 Å². The van der Waals surface area contributed by atoms with Crippen LogP contribution in [0.5, 0.6) is 0 Å². The van der Waals surface area contributed by atoms with Gasteiger partial charge < -0.3 is 19.9 Å². The number of carbonyl (C=O) groups is 2. The highest BCUT2D eigenvalue weighted by Crippen LogP contribution is 2.38. The molecule has 3 rings (SSSR count). The van der Waals surface area contributed by atoms with Gasteiger partial charge in [0.1, 0.15) is 5.54 Å². The zero-order valence-corrected chi connectivity index (χ0v) is 16.7. The summed E-state index contributed by atoms with van der Waals surface area (Å²) in [6.45, 7) is 5.09. The molecule has 2 N–H and O–H groups in total. The quantitative estimate of drug-likeness (QED) is 0.652. The second kappa shape index (κ2) is 8.87. The number of ether oxygens (including phenoxy) is 1. The summed E-state index contributed by atoms with van der Waals surface area (Å²) in [5.41, 5.74) is -0.259. The van der Waals surface area contributed by atoms with Crippen LogP contribution in [0, 0.1) is 0 Å². The maximum Gasteiger partial charge on any atom is 0.253 e. The number of piperidine rings is 1. The van der Waals surface area contributed by atoms with Gasteiger partial charge >= 0.3 is 0 Å². The van der Waals surface area contributed by atoms with E-state index in [0.717, 1.165) is 25.8 Å². The predicted octanol–water partition coefficient (Wildman–Crippen LogP) is 0.265. The fraction of sp³-hybridized carbons (Fsp3) is 0.650. The molecule has 8 heteroatoms. The van der Waals surface area contributed by atoms with Crippen molar-refractivity contribution in [3.05, 3.63) is 34.2 Å². The van der Waals surface area contributed by atoms with E-state index < -0.39 is 5.54 Å². The van der Waals surface area contributed by atoms with Crippen LogP contribution in [0.15, 0.2) is 23.1 Å². The van der Waals surface area contributed by atoms with Gasteiger partial charge in [-0.3, -0.25) is 19.3 Å². The number of aromatic nitrogens is 1. The lowest BCUT2D eigenvalue weighted by Gasteiger charge is -2.40. The predicted molar refractivity (Wildman–Crippen MR) is 105 cm³/mol. The van der Waals surface area contributed by atoms with Crippen molar-refractivity contribution in [2.24, 2.45) is 7.05 Å². The molecule has 0 spiro atoms. The summed E-state index contributed by atoms with van der Waals surface area (Å²) in [7, 11) is 1.62. The van der Waals surface area contributed by atoms with Crippen molar-refractivity contribution >= 4 is 11.8 Å². The Labute approximate surface area is 165 Å². The van der Waals surface area contributed by atoms with Crippen LogP contribution in [0.1, 0.15) is 43.0 Å². The van der Waals surface area contributed by atoms with Crippen LogP contribution in [-0.2, 0) is 16.6 Å². The van der Waals surface area contributed by atoms with Gasteiger partial charge in [0, 0.05) is 45.0 Å². The number of nitrogens with one attached hydrogen (secondary N) is 2. The smallest absolute Gasteiger partial charge is 0.253 e. The normalized spacial score (nSPS) is 24.6. The lowest BCUT2D eigenvalue weighted by Crippen LogP contribution is -2.57. The summed E-state index contributed by atoms with van der Waals surface area (Å²) < 4.78 is 6.70. The van der Waals surface area contributed by atoms with E-state index in [4.69, 9.17) is 4.74 Å². The van der Waals surface area contributed by atoms with Gasteiger partial charge in [-0.05, 0) is 45.2 Å². The van der Waals surface area contributed by atoms with Crippen molar-refractivity contribution in [1.82, 2.24) is 20.1 Å². The van der Waals surface area contributed by atoms with Crippen molar-refractivity contribution in [3.63, 3.8) is 0 Å². The fourth-order valence-corrected chi connectivity index (χ4v) is 4.32. The van der Waals surface area contributed by atoms with Gasteiger partial charge in [0.05, 0.1) is 12.2 Å². The number of amides is 2. The summed E-state index contributed by atoms with van der Waals surface area (Å²) in [6.07, 6.45) is 5.02. The van der Waals surface area contributed by atoms with Crippen LogP contribution < -0.4 is 16.2 Å². The Morgan fingerprint density at radius 2 is 2.14 bits per heavy atom. The first-order chi connectivity index (χ1) is 13.5. The van der Waals surface area contributed by atoms with E-state index in [1.54, 1.807) is 7.05 Å². The summed E-state index contributed by atoms with van der Waals surface area (Å²) in [5, 5.41) is 6.07. The van der Waals surface area contributed by atoms with Crippen LogP contribution in [0.4, 0.5) is 0 Å². The molecule has 154 valence electrons. The average Bonchev–Trinajstić information content (AvgIpc) is 3.06. The fourth-order valence-electron chi connectivity index (χ4n) is 4.32. The molecule has 1 aromatic heterocycles. The van der Waals surface area contributed by atoms with Gasteiger partial charge in [-0.1, -0.05) is 0 Å². The third kappa shape index (κ3) is 4.28. The van der Waals surface area contributed by atoms with E-state index >= 15 is 0 Å². The second-order valence-corrected chi connectivity index (χ2v) is 7.63. The van der Waals surface area contributed by atoms with Crippen LogP contribution in [0.25, 0.3) is 0 Å². The summed E-state index contributed by atoms with van der Waals surface area (Å²) in [5.74, 6) is -0.182. The van der Waals surface area contributed by atoms with E-state index in [1.165, 1.54) is 22.9 Å². The van der Waals surface area contributed by atoms with E-state index in [1.807, 2.05) is 6.92 Å². The van der Waals surface area contributed by atoms with Crippen LogP contribution in [0.2, 0.25) is 0 Å². The highest BCUT2D eigenvalue weighted by Gasteiger charge is 2.52. The Bertz CT molecular complexity index is 778. The van der Waals surface area contributed by atoms with Crippen molar-refractivity contribution in [1.29, 1.82) is 0 Å². The van der Waals surface area contributed by atoms with Gasteiger partial charge in [0.2, 0.25) is 11.5 Å². The first-order valence-electron chi connectivity index (χ1n) is 10.0. The molecule has 3 heterocycles. The molecule has 2 aliphatic rings. The van der Waals surface area contributed by atoms with Gasteiger partial charge in [-0.2, -0.15) is 0 Å². The molecule has 1 aromatic rings. The molecule has 0 aliphatic carbocycles. The maximum atomic E-state index is 13.0. The second-order valence-electron chi connectivity index (χ2n) is 7.63. The summed E-state index contributed by atoms with van der Waals surface area (Å²) in [6, 6.07) is 2.83. The molecule has 0 bridgehead atoms. The third-order valence-electron chi connectivity index (χ3n) is 5.74. The molecule has 0 aromatic carbocycles. The third-order valence-corrected chi connectivity index (χ3v) is 5.74.